The molecule has 1 N–H and O–H groups in total. The zero-order chi connectivity index (χ0) is 18.7. The molecule has 0 saturated carbocycles. The summed E-state index contributed by atoms with van der Waals surface area (Å²) in [7, 11) is 1.48. The molecule has 0 atom stereocenters. The van der Waals surface area contributed by atoms with E-state index in [1.54, 1.807) is 29.1 Å². The number of nitrogens with zero attached hydrogens (tertiary/aromatic N) is 4. The van der Waals surface area contributed by atoms with Gasteiger partial charge in [-0.15, -0.1) is 0 Å². The highest BCUT2D eigenvalue weighted by Crippen LogP contribution is 2.20. The highest BCUT2D eigenvalue weighted by Gasteiger charge is 2.22. The summed E-state index contributed by atoms with van der Waals surface area (Å²) in [5.74, 6) is -0.936. The molecule has 0 aliphatic heterocycles. The largest absolute Gasteiger partial charge is 0.352 e. The number of carbonyl (C=O) groups is 1. The molecule has 0 fully saturated rings. The van der Waals surface area contributed by atoms with Gasteiger partial charge in [-0.3, -0.25) is 9.48 Å². The number of aromatic nitrogens is 4. The molecule has 26 heavy (non-hydrogen) atoms. The third-order valence-electron chi connectivity index (χ3n) is 3.71. The molecule has 0 spiro atoms. The lowest BCUT2D eigenvalue weighted by molar-refractivity contribution is 0.0939. The van der Waals surface area contributed by atoms with E-state index in [0.29, 0.717) is 17.8 Å². The maximum Gasteiger partial charge on any atom is 0.282 e. The molecule has 136 valence electrons. The minimum absolute atomic E-state index is 0.139. The van der Waals surface area contributed by atoms with Crippen molar-refractivity contribution >= 4 is 5.91 Å². The number of hydrogen-bond donors (Lipinski definition) is 1. The number of benzene rings is 1. The topological polar surface area (TPSA) is 64.7 Å². The van der Waals surface area contributed by atoms with Crippen LogP contribution < -0.4 is 5.32 Å². The number of hydrogen-bond acceptors (Lipinski definition) is 3. The van der Waals surface area contributed by atoms with Gasteiger partial charge in [0.05, 0.1) is 16.9 Å². The van der Waals surface area contributed by atoms with Crippen molar-refractivity contribution in [3.63, 3.8) is 0 Å². The minimum Gasteiger partial charge on any atom is -0.352 e. The van der Waals surface area contributed by atoms with Gasteiger partial charge in [0.1, 0.15) is 11.5 Å². The number of nitrogens with one attached hydrogen (secondary N) is 1. The minimum atomic E-state index is -2.82. The maximum atomic E-state index is 12.9. The van der Waals surface area contributed by atoms with Crippen molar-refractivity contribution in [1.29, 1.82) is 0 Å². The molecule has 0 saturated heterocycles. The lowest BCUT2D eigenvalue weighted by Gasteiger charge is -2.04. The molecule has 6 nitrogen and oxygen atoms in total. The molecule has 2 aromatic heterocycles. The van der Waals surface area contributed by atoms with E-state index in [9.17, 15) is 18.0 Å². The summed E-state index contributed by atoms with van der Waals surface area (Å²) >= 11 is 0. The molecule has 0 unspecified atom stereocenters. The van der Waals surface area contributed by atoms with Gasteiger partial charge in [0.25, 0.3) is 12.3 Å². The fourth-order valence-corrected chi connectivity index (χ4v) is 2.47. The van der Waals surface area contributed by atoms with Crippen molar-refractivity contribution in [3.05, 3.63) is 65.5 Å². The molecule has 9 heteroatoms. The lowest BCUT2D eigenvalue weighted by Crippen LogP contribution is -2.26. The van der Waals surface area contributed by atoms with Crippen LogP contribution in [0.5, 0.6) is 0 Å². The van der Waals surface area contributed by atoms with Crippen LogP contribution in [0.2, 0.25) is 0 Å². The van der Waals surface area contributed by atoms with E-state index in [1.165, 1.54) is 30.1 Å². The van der Waals surface area contributed by atoms with E-state index in [1.807, 2.05) is 0 Å². The Balaban J connectivity index is 1.59. The normalized spacial score (nSPS) is 11.1. The molecule has 3 aromatic rings. The van der Waals surface area contributed by atoms with Crippen molar-refractivity contribution in [2.75, 3.05) is 6.54 Å². The average molecular weight is 363 g/mol. The summed E-state index contributed by atoms with van der Waals surface area (Å²) in [5, 5.41) is 10.5. The van der Waals surface area contributed by atoms with Gasteiger partial charge in [0, 0.05) is 32.4 Å². The molecule has 0 radical (unpaired) electrons. The number of aryl methyl sites for hydroxylation is 1. The van der Waals surface area contributed by atoms with Gasteiger partial charge in [-0.1, -0.05) is 0 Å². The first-order valence-corrected chi connectivity index (χ1v) is 7.84. The van der Waals surface area contributed by atoms with Crippen LogP contribution in [0, 0.1) is 5.82 Å². The Labute approximate surface area is 147 Å². The SMILES string of the molecule is Cn1cc(C(=O)NCCc2ccn(-c3ccc(F)cc3)n2)c(C(F)F)n1. The van der Waals surface area contributed by atoms with Gasteiger partial charge in [0.2, 0.25) is 0 Å². The Hall–Kier alpha value is -3.10. The first kappa shape index (κ1) is 17.7. The van der Waals surface area contributed by atoms with Crippen LogP contribution in [0.4, 0.5) is 13.2 Å². The van der Waals surface area contributed by atoms with Crippen molar-refractivity contribution in [2.45, 2.75) is 12.8 Å². The van der Waals surface area contributed by atoms with Gasteiger partial charge in [0.15, 0.2) is 0 Å². The molecule has 0 aliphatic rings. The summed E-state index contributed by atoms with van der Waals surface area (Å²) in [6.45, 7) is 0.233. The Kier molecular flexibility index (Phi) is 5.06. The van der Waals surface area contributed by atoms with Crippen LogP contribution in [0.15, 0.2) is 42.7 Å². The average Bonchev–Trinajstić information content (AvgIpc) is 3.22. The van der Waals surface area contributed by atoms with E-state index in [-0.39, 0.29) is 17.9 Å². The highest BCUT2D eigenvalue weighted by atomic mass is 19.3. The number of halogens is 3. The summed E-state index contributed by atoms with van der Waals surface area (Å²) in [4.78, 5) is 12.1. The van der Waals surface area contributed by atoms with Gasteiger partial charge in [-0.05, 0) is 30.3 Å². The quantitative estimate of drug-likeness (QED) is 0.732. The third-order valence-corrected chi connectivity index (χ3v) is 3.71. The highest BCUT2D eigenvalue weighted by molar-refractivity contribution is 5.95. The second-order valence-corrected chi connectivity index (χ2v) is 5.64. The van der Waals surface area contributed by atoms with Crippen LogP contribution in [0.25, 0.3) is 5.69 Å². The summed E-state index contributed by atoms with van der Waals surface area (Å²) < 4.78 is 41.5. The number of alkyl halides is 2. The van der Waals surface area contributed by atoms with E-state index in [4.69, 9.17) is 0 Å². The smallest absolute Gasteiger partial charge is 0.282 e. The molecule has 0 bridgehead atoms. The monoisotopic (exact) mass is 363 g/mol. The zero-order valence-electron chi connectivity index (χ0n) is 13.9. The molecule has 3 rings (SSSR count). The zero-order valence-corrected chi connectivity index (χ0v) is 13.9. The number of rotatable bonds is 6. The van der Waals surface area contributed by atoms with Crippen LogP contribution >= 0.6 is 0 Å². The number of amides is 1. The fourth-order valence-electron chi connectivity index (χ4n) is 2.47. The third kappa shape index (κ3) is 3.93. The summed E-state index contributed by atoms with van der Waals surface area (Å²) in [6.07, 6.45) is 0.591. The Bertz CT molecular complexity index is 902. The summed E-state index contributed by atoms with van der Waals surface area (Å²) in [5.41, 5.74) is 0.735. The molecule has 1 amide bonds. The first-order valence-electron chi connectivity index (χ1n) is 7.84. The van der Waals surface area contributed by atoms with E-state index >= 15 is 0 Å². The Morgan fingerprint density at radius 2 is 1.92 bits per heavy atom. The second kappa shape index (κ2) is 7.42. The molecule has 0 aliphatic carbocycles. The van der Waals surface area contributed by atoms with Crippen LogP contribution in [-0.2, 0) is 13.5 Å². The van der Waals surface area contributed by atoms with Crippen molar-refractivity contribution in [2.24, 2.45) is 7.05 Å². The Morgan fingerprint density at radius 1 is 1.19 bits per heavy atom. The summed E-state index contributed by atoms with van der Waals surface area (Å²) in [6, 6.07) is 7.64. The van der Waals surface area contributed by atoms with Gasteiger partial charge >= 0.3 is 0 Å². The van der Waals surface area contributed by atoms with Crippen LogP contribution in [-0.4, -0.2) is 32.0 Å². The molecule has 1 aromatic carbocycles. The van der Waals surface area contributed by atoms with E-state index in [0.717, 1.165) is 0 Å². The predicted octanol–water partition coefficient (Wildman–Crippen LogP) is 2.66. The molecule has 2 heterocycles. The molecular formula is C17H16F3N5O. The van der Waals surface area contributed by atoms with Crippen molar-refractivity contribution in [3.8, 4) is 5.69 Å². The second-order valence-electron chi connectivity index (χ2n) is 5.64. The fraction of sp³-hybridized carbons (Fsp3) is 0.235. The maximum absolute atomic E-state index is 12.9. The predicted molar refractivity (Wildman–Crippen MR) is 87.7 cm³/mol. The first-order chi connectivity index (χ1) is 12.4. The molecular weight excluding hydrogens is 347 g/mol. The van der Waals surface area contributed by atoms with E-state index in [2.05, 4.69) is 15.5 Å². The number of carbonyl (C=O) groups excluding carboxylic acids is 1. The Morgan fingerprint density at radius 3 is 2.62 bits per heavy atom. The van der Waals surface area contributed by atoms with Gasteiger partial charge in [-0.2, -0.15) is 10.2 Å². The van der Waals surface area contributed by atoms with Gasteiger partial charge < -0.3 is 5.32 Å². The van der Waals surface area contributed by atoms with Crippen LogP contribution in [0.1, 0.15) is 28.2 Å². The lowest BCUT2D eigenvalue weighted by atomic mass is 10.2. The van der Waals surface area contributed by atoms with Crippen molar-refractivity contribution < 1.29 is 18.0 Å². The van der Waals surface area contributed by atoms with E-state index < -0.39 is 18.0 Å². The van der Waals surface area contributed by atoms with Gasteiger partial charge in [-0.25, -0.2) is 17.9 Å². The van der Waals surface area contributed by atoms with Crippen LogP contribution in [0.3, 0.4) is 0 Å². The van der Waals surface area contributed by atoms with Crippen molar-refractivity contribution in [1.82, 2.24) is 24.9 Å². The standard InChI is InChI=1S/C17H16F3N5O/c1-24-10-14(15(23-24)16(19)20)17(26)21-8-6-12-7-9-25(22-12)13-4-2-11(18)3-5-13/h2-5,7,9-10,16H,6,8H2,1H3,(H,21,26).